The minimum atomic E-state index is -1.27. The minimum absolute atomic E-state index is 0.00286. The molecule has 0 bridgehead atoms. The number of amides is 1. The zero-order valence-corrected chi connectivity index (χ0v) is 14.8. The Bertz CT molecular complexity index is 838. The quantitative estimate of drug-likeness (QED) is 0.455. The summed E-state index contributed by atoms with van der Waals surface area (Å²) in [5, 5.41) is 23.7. The van der Waals surface area contributed by atoms with E-state index >= 15 is 0 Å². The lowest BCUT2D eigenvalue weighted by atomic mass is 10.2. The Labute approximate surface area is 155 Å². The molecule has 7 nitrogen and oxygen atoms in total. The Kier molecular flexibility index (Phi) is 6.51. The number of carboxylic acids is 1. The van der Waals surface area contributed by atoms with Crippen LogP contribution in [0.2, 0.25) is 0 Å². The maximum Gasteiger partial charge on any atom is 0.339 e. The fourth-order valence-corrected chi connectivity index (χ4v) is 2.28. The average molecular weight is 374 g/mol. The summed E-state index contributed by atoms with van der Waals surface area (Å²) in [4.78, 5) is 23.3. The number of rotatable bonds is 6. The van der Waals surface area contributed by atoms with E-state index in [9.17, 15) is 14.7 Å². The number of carboxylic acid groups (broad SMARTS) is 1. The van der Waals surface area contributed by atoms with E-state index in [-0.39, 0.29) is 16.4 Å². The van der Waals surface area contributed by atoms with E-state index in [1.165, 1.54) is 18.2 Å². The van der Waals surface area contributed by atoms with Crippen LogP contribution in [-0.4, -0.2) is 33.8 Å². The Hall–Kier alpha value is -3.13. The lowest BCUT2D eigenvalue weighted by Crippen LogP contribution is -2.34. The van der Waals surface area contributed by atoms with Gasteiger partial charge in [0.15, 0.2) is 5.11 Å². The van der Waals surface area contributed by atoms with Crippen molar-refractivity contribution in [3.8, 4) is 11.5 Å². The highest BCUT2D eigenvalue weighted by Gasteiger charge is 2.12. The Morgan fingerprint density at radius 2 is 1.96 bits per heavy atom. The Morgan fingerprint density at radius 1 is 1.19 bits per heavy atom. The first-order chi connectivity index (χ1) is 12.4. The molecule has 0 radical (unpaired) electrons. The highest BCUT2D eigenvalue weighted by molar-refractivity contribution is 7.80. The van der Waals surface area contributed by atoms with Crippen LogP contribution in [0.5, 0.6) is 11.5 Å². The van der Waals surface area contributed by atoms with Gasteiger partial charge in [0.1, 0.15) is 17.1 Å². The molecule has 0 aliphatic heterocycles. The molecule has 0 aliphatic rings. The molecule has 4 N–H and O–H groups in total. The average Bonchev–Trinajstić information content (AvgIpc) is 2.61. The summed E-state index contributed by atoms with van der Waals surface area (Å²) in [5.41, 5.74) is 0.426. The van der Waals surface area contributed by atoms with Gasteiger partial charge in [-0.15, -0.1) is 0 Å². The fraction of sp³-hybridized carbons (Fsp3) is 0.167. The number of aromatic carboxylic acids is 1. The van der Waals surface area contributed by atoms with Gasteiger partial charge in [-0.1, -0.05) is 13.0 Å². The van der Waals surface area contributed by atoms with Crippen molar-refractivity contribution in [3.63, 3.8) is 0 Å². The van der Waals surface area contributed by atoms with Crippen LogP contribution in [0, 0.1) is 0 Å². The maximum absolute atomic E-state index is 12.3. The van der Waals surface area contributed by atoms with Gasteiger partial charge in [0.25, 0.3) is 5.91 Å². The van der Waals surface area contributed by atoms with E-state index in [2.05, 4.69) is 10.6 Å². The van der Waals surface area contributed by atoms with Gasteiger partial charge in [-0.3, -0.25) is 10.1 Å². The number of ether oxygens (including phenoxy) is 1. The molecule has 0 saturated carbocycles. The van der Waals surface area contributed by atoms with E-state index in [0.29, 0.717) is 23.6 Å². The second kappa shape index (κ2) is 8.82. The summed E-state index contributed by atoms with van der Waals surface area (Å²) in [5.74, 6) is -1.48. The Balaban J connectivity index is 2.02. The normalized spacial score (nSPS) is 10.0. The SMILES string of the molecule is CCCOc1cccc(C(=O)NC(=S)Nc2ccc(O)c(C(=O)O)c2)c1. The van der Waals surface area contributed by atoms with Gasteiger partial charge >= 0.3 is 5.97 Å². The second-order valence-electron chi connectivity index (χ2n) is 5.32. The molecule has 0 spiro atoms. The summed E-state index contributed by atoms with van der Waals surface area (Å²) in [7, 11) is 0. The lowest BCUT2D eigenvalue weighted by Gasteiger charge is -2.11. The number of hydrogen-bond donors (Lipinski definition) is 4. The van der Waals surface area contributed by atoms with E-state index in [0.717, 1.165) is 6.42 Å². The minimum Gasteiger partial charge on any atom is -0.507 e. The predicted molar refractivity (Wildman–Crippen MR) is 101 cm³/mol. The van der Waals surface area contributed by atoms with Gasteiger partial charge < -0.3 is 20.3 Å². The summed E-state index contributed by atoms with van der Waals surface area (Å²) >= 11 is 5.07. The molecule has 0 unspecified atom stereocenters. The topological polar surface area (TPSA) is 108 Å². The summed E-state index contributed by atoms with van der Waals surface area (Å²) in [6.07, 6.45) is 0.857. The number of thiocarbonyl (C=S) groups is 1. The van der Waals surface area contributed by atoms with Crippen molar-refractivity contribution in [1.29, 1.82) is 0 Å². The highest BCUT2D eigenvalue weighted by atomic mass is 32.1. The zero-order chi connectivity index (χ0) is 19.1. The van der Waals surface area contributed by atoms with Gasteiger partial charge in [-0.2, -0.15) is 0 Å². The van der Waals surface area contributed by atoms with Gasteiger partial charge in [-0.05, 0) is 55.0 Å². The van der Waals surface area contributed by atoms with E-state index < -0.39 is 11.9 Å². The van der Waals surface area contributed by atoms with Crippen LogP contribution in [0.25, 0.3) is 0 Å². The van der Waals surface area contributed by atoms with Crippen molar-refractivity contribution >= 4 is 34.9 Å². The first-order valence-corrected chi connectivity index (χ1v) is 8.23. The molecule has 26 heavy (non-hydrogen) atoms. The van der Waals surface area contributed by atoms with Crippen molar-refractivity contribution < 1.29 is 24.5 Å². The second-order valence-corrected chi connectivity index (χ2v) is 5.73. The molecule has 0 saturated heterocycles. The van der Waals surface area contributed by atoms with Crippen molar-refractivity contribution in [2.45, 2.75) is 13.3 Å². The molecule has 2 aromatic carbocycles. The molecule has 1 amide bonds. The third-order valence-corrected chi connectivity index (χ3v) is 3.49. The van der Waals surface area contributed by atoms with Crippen molar-refractivity contribution in [3.05, 3.63) is 53.6 Å². The number of phenols is 1. The van der Waals surface area contributed by atoms with E-state index in [1.807, 2.05) is 6.92 Å². The number of benzene rings is 2. The van der Waals surface area contributed by atoms with Crippen LogP contribution in [-0.2, 0) is 0 Å². The molecule has 2 aromatic rings. The molecule has 0 atom stereocenters. The monoisotopic (exact) mass is 374 g/mol. The van der Waals surface area contributed by atoms with Gasteiger partial charge in [0, 0.05) is 11.3 Å². The van der Waals surface area contributed by atoms with Crippen LogP contribution >= 0.6 is 12.2 Å². The number of carbonyl (C=O) groups is 2. The highest BCUT2D eigenvalue weighted by Crippen LogP contribution is 2.21. The third kappa shape index (κ3) is 5.18. The van der Waals surface area contributed by atoms with Crippen LogP contribution in [0.1, 0.15) is 34.1 Å². The molecule has 8 heteroatoms. The molecular weight excluding hydrogens is 356 g/mol. The van der Waals surface area contributed by atoms with E-state index in [1.54, 1.807) is 24.3 Å². The number of carbonyl (C=O) groups excluding carboxylic acids is 1. The molecule has 0 fully saturated rings. The summed E-state index contributed by atoms with van der Waals surface area (Å²) < 4.78 is 5.49. The maximum atomic E-state index is 12.3. The van der Waals surface area contributed by atoms with Crippen LogP contribution in [0.3, 0.4) is 0 Å². The summed E-state index contributed by atoms with van der Waals surface area (Å²) in [6, 6.07) is 10.6. The number of nitrogens with one attached hydrogen (secondary N) is 2. The predicted octanol–water partition coefficient (Wildman–Crippen LogP) is 3.01. The molecule has 136 valence electrons. The number of aromatic hydroxyl groups is 1. The lowest BCUT2D eigenvalue weighted by molar-refractivity contribution is 0.0693. The number of hydrogen-bond acceptors (Lipinski definition) is 5. The molecular formula is C18H18N2O5S. The van der Waals surface area contributed by atoms with Gasteiger partial charge in [0.05, 0.1) is 6.61 Å². The fourth-order valence-electron chi connectivity index (χ4n) is 2.07. The van der Waals surface area contributed by atoms with Crippen molar-refractivity contribution in [2.24, 2.45) is 0 Å². The van der Waals surface area contributed by atoms with Crippen LogP contribution in [0.4, 0.5) is 5.69 Å². The Morgan fingerprint density at radius 3 is 2.65 bits per heavy atom. The molecule has 0 heterocycles. The largest absolute Gasteiger partial charge is 0.507 e. The zero-order valence-electron chi connectivity index (χ0n) is 14.0. The first-order valence-electron chi connectivity index (χ1n) is 7.82. The van der Waals surface area contributed by atoms with Gasteiger partial charge in [0.2, 0.25) is 0 Å². The smallest absolute Gasteiger partial charge is 0.339 e. The van der Waals surface area contributed by atoms with Crippen molar-refractivity contribution in [2.75, 3.05) is 11.9 Å². The van der Waals surface area contributed by atoms with Crippen LogP contribution < -0.4 is 15.4 Å². The number of anilines is 1. The first kappa shape index (κ1) is 19.2. The molecule has 0 aliphatic carbocycles. The standard InChI is InChI=1S/C18H18N2O5S/c1-2-8-25-13-5-3-4-11(9-13)16(22)20-18(26)19-12-6-7-15(21)14(10-12)17(23)24/h3-7,9-10,21H,2,8H2,1H3,(H,23,24)(H2,19,20,22,26). The summed E-state index contributed by atoms with van der Waals surface area (Å²) in [6.45, 7) is 2.54. The van der Waals surface area contributed by atoms with Crippen LogP contribution in [0.15, 0.2) is 42.5 Å². The third-order valence-electron chi connectivity index (χ3n) is 3.28. The van der Waals surface area contributed by atoms with Crippen molar-refractivity contribution in [1.82, 2.24) is 5.32 Å². The van der Waals surface area contributed by atoms with E-state index in [4.69, 9.17) is 22.1 Å². The van der Waals surface area contributed by atoms with Gasteiger partial charge in [-0.25, -0.2) is 4.79 Å². The molecule has 0 aromatic heterocycles. The molecule has 2 rings (SSSR count).